The van der Waals surface area contributed by atoms with Crippen LogP contribution in [0.5, 0.6) is 11.6 Å². The zero-order valence-electron chi connectivity index (χ0n) is 24.9. The average Bonchev–Trinajstić information content (AvgIpc) is 3.36. The lowest BCUT2D eigenvalue weighted by Crippen LogP contribution is -2.60. The van der Waals surface area contributed by atoms with E-state index in [0.717, 1.165) is 28.8 Å². The van der Waals surface area contributed by atoms with E-state index in [1.165, 1.54) is 0 Å². The van der Waals surface area contributed by atoms with Gasteiger partial charge in [0.15, 0.2) is 0 Å². The van der Waals surface area contributed by atoms with E-state index in [1.807, 2.05) is 32.9 Å². The number of aliphatic hydroxyl groups is 4. The van der Waals surface area contributed by atoms with Gasteiger partial charge in [0.2, 0.25) is 24.0 Å². The Balaban J connectivity index is 1.64. The van der Waals surface area contributed by atoms with E-state index in [0.29, 0.717) is 31.6 Å². The number of aromatic nitrogens is 2. The second-order valence-electron chi connectivity index (χ2n) is 11.1. The number of aromatic amines is 1. The van der Waals surface area contributed by atoms with Crippen LogP contribution in [0.1, 0.15) is 67.8 Å². The van der Waals surface area contributed by atoms with Gasteiger partial charge in [-0.1, -0.05) is 19.9 Å². The van der Waals surface area contributed by atoms with Gasteiger partial charge in [-0.15, -0.1) is 5.10 Å². The summed E-state index contributed by atoms with van der Waals surface area (Å²) in [5, 5.41) is 50.0. The molecule has 240 valence electrons. The normalized spacial score (nSPS) is 22.8. The molecule has 2 amide bonds. The summed E-state index contributed by atoms with van der Waals surface area (Å²) in [6.45, 7) is 5.93. The van der Waals surface area contributed by atoms with Gasteiger partial charge in [-0.25, -0.2) is 0 Å². The smallest absolute Gasteiger partial charge is 0.239 e. The molecule has 0 bridgehead atoms. The van der Waals surface area contributed by atoms with E-state index >= 15 is 0 Å². The Bertz CT molecular complexity index is 1210. The number of primary amides is 1. The van der Waals surface area contributed by atoms with E-state index in [9.17, 15) is 30.0 Å². The molecule has 1 aliphatic heterocycles. The lowest BCUT2D eigenvalue weighted by molar-refractivity contribution is -0.278. The van der Waals surface area contributed by atoms with E-state index in [1.54, 1.807) is 6.07 Å². The van der Waals surface area contributed by atoms with Crippen LogP contribution < -0.4 is 26.3 Å². The van der Waals surface area contributed by atoms with Gasteiger partial charge in [0.05, 0.1) is 19.6 Å². The van der Waals surface area contributed by atoms with Crippen molar-refractivity contribution < 1.29 is 44.2 Å². The zero-order chi connectivity index (χ0) is 31.7. The van der Waals surface area contributed by atoms with Crippen molar-refractivity contribution >= 4 is 11.8 Å². The van der Waals surface area contributed by atoms with Crippen molar-refractivity contribution in [3.8, 4) is 11.6 Å². The van der Waals surface area contributed by atoms with Gasteiger partial charge < -0.3 is 51.4 Å². The fourth-order valence-electron chi connectivity index (χ4n) is 4.84. The standard InChI is InChI=1S/C29H45N5O9/c1-15(2)23-19(28(34-33-23)43-29-26(39)25(38)24(37)21(14-35)42-29)13-17-7-8-18(12-16(17)3)41-11-9-22(36)32-20(27(31)40)6-4-5-10-30/h7-8,12,15,20-21,24-26,29,35,37-39H,4-6,9-11,13-14,30H2,1-3H3,(H2,31,40)(H,32,36)(H,33,34)/t20-,21+,24+,25-,26+,29?/m0/s1. The number of H-pyrrole nitrogens is 1. The summed E-state index contributed by atoms with van der Waals surface area (Å²) in [4.78, 5) is 24.0. The number of unbranched alkanes of at least 4 members (excludes halogenated alkanes) is 1. The fraction of sp³-hybridized carbons (Fsp3) is 0.621. The van der Waals surface area contributed by atoms with Gasteiger partial charge in [0.25, 0.3) is 0 Å². The summed E-state index contributed by atoms with van der Waals surface area (Å²) in [6, 6.07) is 4.78. The summed E-state index contributed by atoms with van der Waals surface area (Å²) in [6.07, 6.45) is -4.80. The molecule has 6 atom stereocenters. The number of carbonyl (C=O) groups excluding carboxylic acids is 2. The van der Waals surface area contributed by atoms with Crippen LogP contribution in [0, 0.1) is 6.92 Å². The number of ether oxygens (including phenoxy) is 3. The van der Waals surface area contributed by atoms with Gasteiger partial charge in [-0.2, -0.15) is 0 Å². The molecule has 1 aliphatic rings. The average molecular weight is 608 g/mol. The third kappa shape index (κ3) is 9.11. The number of nitrogens with two attached hydrogens (primary N) is 2. The third-order valence-corrected chi connectivity index (χ3v) is 7.42. The van der Waals surface area contributed by atoms with E-state index in [4.69, 9.17) is 25.7 Å². The number of benzene rings is 1. The molecule has 1 unspecified atom stereocenters. The van der Waals surface area contributed by atoms with Gasteiger partial charge in [-0.05, 0) is 61.9 Å². The van der Waals surface area contributed by atoms with E-state index in [2.05, 4.69) is 15.5 Å². The first-order valence-electron chi connectivity index (χ1n) is 14.5. The van der Waals surface area contributed by atoms with Crippen molar-refractivity contribution in [3.05, 3.63) is 40.6 Å². The molecule has 43 heavy (non-hydrogen) atoms. The van der Waals surface area contributed by atoms with Gasteiger partial charge in [-0.3, -0.25) is 14.7 Å². The number of amides is 2. The van der Waals surface area contributed by atoms with Crippen LogP contribution >= 0.6 is 0 Å². The molecule has 14 heteroatoms. The topological polar surface area (TPSA) is 235 Å². The molecule has 0 aliphatic carbocycles. The minimum absolute atomic E-state index is 0.0485. The van der Waals surface area contributed by atoms with Crippen molar-refractivity contribution in [2.24, 2.45) is 11.5 Å². The SMILES string of the molecule is Cc1cc(OCCC(=O)N[C@@H](CCCCN)C(N)=O)ccc1Cc1c(OC2O[C@H](CO)[C@@H](O)[C@H](O)[C@H]2O)n[nH]c1C(C)C. The highest BCUT2D eigenvalue weighted by molar-refractivity contribution is 5.86. The monoisotopic (exact) mass is 607 g/mol. The molecule has 0 radical (unpaired) electrons. The van der Waals surface area contributed by atoms with Crippen molar-refractivity contribution in [1.29, 1.82) is 0 Å². The Hall–Kier alpha value is -3.27. The number of nitrogens with zero attached hydrogens (tertiary/aromatic N) is 1. The summed E-state index contributed by atoms with van der Waals surface area (Å²) in [5.74, 6) is -0.136. The second kappa shape index (κ2) is 16.0. The number of aliphatic hydroxyl groups excluding tert-OH is 4. The first-order valence-corrected chi connectivity index (χ1v) is 14.5. The Morgan fingerprint density at radius 2 is 1.91 bits per heavy atom. The summed E-state index contributed by atoms with van der Waals surface area (Å²) < 4.78 is 17.1. The highest BCUT2D eigenvalue weighted by atomic mass is 16.7. The minimum Gasteiger partial charge on any atom is -0.493 e. The van der Waals surface area contributed by atoms with Gasteiger partial charge in [0.1, 0.15) is 36.2 Å². The van der Waals surface area contributed by atoms with Crippen LogP contribution in [0.4, 0.5) is 0 Å². The number of hydrogen-bond acceptors (Lipinski definition) is 11. The lowest BCUT2D eigenvalue weighted by atomic mass is 9.96. The molecule has 1 fully saturated rings. The summed E-state index contributed by atoms with van der Waals surface area (Å²) in [7, 11) is 0. The molecule has 0 saturated carbocycles. The molecule has 1 aromatic heterocycles. The summed E-state index contributed by atoms with van der Waals surface area (Å²) in [5.41, 5.74) is 14.3. The highest BCUT2D eigenvalue weighted by Gasteiger charge is 2.45. The number of nitrogens with one attached hydrogen (secondary N) is 2. The largest absolute Gasteiger partial charge is 0.493 e. The van der Waals surface area contributed by atoms with Crippen molar-refractivity contribution in [2.45, 2.75) is 95.5 Å². The Kier molecular flexibility index (Phi) is 12.7. The molecule has 1 saturated heterocycles. The van der Waals surface area contributed by atoms with Gasteiger partial charge in [0, 0.05) is 17.7 Å². The molecule has 0 spiro atoms. The fourth-order valence-corrected chi connectivity index (χ4v) is 4.84. The molecular weight excluding hydrogens is 562 g/mol. The number of carbonyl (C=O) groups is 2. The lowest BCUT2D eigenvalue weighted by Gasteiger charge is -2.39. The number of aryl methyl sites for hydroxylation is 1. The molecule has 10 N–H and O–H groups in total. The Morgan fingerprint density at radius 1 is 1.16 bits per heavy atom. The highest BCUT2D eigenvalue weighted by Crippen LogP contribution is 2.32. The maximum atomic E-state index is 12.3. The molecule has 3 rings (SSSR count). The zero-order valence-corrected chi connectivity index (χ0v) is 24.9. The van der Waals surface area contributed by atoms with E-state index in [-0.39, 0.29) is 30.7 Å². The molecule has 2 aromatic rings. The van der Waals surface area contributed by atoms with E-state index < -0.39 is 49.3 Å². The third-order valence-electron chi connectivity index (χ3n) is 7.42. The first-order chi connectivity index (χ1) is 20.5. The van der Waals surface area contributed by atoms with Crippen LogP contribution in [0.15, 0.2) is 18.2 Å². The maximum absolute atomic E-state index is 12.3. The molecular formula is C29H45N5O9. The van der Waals surface area contributed by atoms with Gasteiger partial charge >= 0.3 is 0 Å². The number of hydrogen-bond donors (Lipinski definition) is 8. The molecule has 2 heterocycles. The quantitative estimate of drug-likeness (QED) is 0.113. The Morgan fingerprint density at radius 3 is 2.53 bits per heavy atom. The maximum Gasteiger partial charge on any atom is 0.239 e. The van der Waals surface area contributed by atoms with Crippen LogP contribution in [-0.4, -0.2) is 98.9 Å². The van der Waals surface area contributed by atoms with Crippen LogP contribution in [0.2, 0.25) is 0 Å². The van der Waals surface area contributed by atoms with Crippen molar-refractivity contribution in [2.75, 3.05) is 19.8 Å². The van der Waals surface area contributed by atoms with Crippen molar-refractivity contribution in [3.63, 3.8) is 0 Å². The predicted molar refractivity (Wildman–Crippen MR) is 155 cm³/mol. The predicted octanol–water partition coefficient (Wildman–Crippen LogP) is -0.521. The second-order valence-corrected chi connectivity index (χ2v) is 11.1. The summed E-state index contributed by atoms with van der Waals surface area (Å²) >= 11 is 0. The Labute approximate surface area is 250 Å². The molecule has 1 aromatic carbocycles. The minimum atomic E-state index is -1.57. The van der Waals surface area contributed by atoms with Crippen LogP contribution in [0.3, 0.4) is 0 Å². The van der Waals surface area contributed by atoms with Crippen molar-refractivity contribution in [1.82, 2.24) is 15.5 Å². The first kappa shape index (κ1) is 34.2. The molecule has 14 nitrogen and oxygen atoms in total. The number of rotatable bonds is 16. The van der Waals surface area contributed by atoms with Crippen LogP contribution in [0.25, 0.3) is 0 Å². The van der Waals surface area contributed by atoms with Crippen LogP contribution in [-0.2, 0) is 20.7 Å².